The molecule has 0 bridgehead atoms. The van der Waals surface area contributed by atoms with E-state index in [1.807, 2.05) is 0 Å². The van der Waals surface area contributed by atoms with Crippen molar-refractivity contribution < 1.29 is 9.15 Å². The lowest BCUT2D eigenvalue weighted by Gasteiger charge is -2.13. The van der Waals surface area contributed by atoms with Gasteiger partial charge in [-0.1, -0.05) is 20.8 Å². The minimum absolute atomic E-state index is 0.145. The highest BCUT2D eigenvalue weighted by molar-refractivity contribution is 5.02. The molecule has 0 amide bonds. The number of rotatable bonds is 5. The van der Waals surface area contributed by atoms with Crippen LogP contribution in [0, 0.1) is 5.92 Å². The van der Waals surface area contributed by atoms with Crippen molar-refractivity contribution in [2.45, 2.75) is 65.2 Å². The number of nitrogens with zero attached hydrogens (tertiary/aromatic N) is 2. The van der Waals surface area contributed by atoms with Crippen molar-refractivity contribution in [2.75, 3.05) is 6.54 Å². The molecule has 19 heavy (non-hydrogen) atoms. The van der Waals surface area contributed by atoms with Gasteiger partial charge < -0.3 is 14.5 Å². The molecule has 0 radical (unpaired) electrons. The Bertz CT molecular complexity index is 405. The van der Waals surface area contributed by atoms with E-state index < -0.39 is 0 Å². The van der Waals surface area contributed by atoms with E-state index in [4.69, 9.17) is 9.15 Å². The van der Waals surface area contributed by atoms with Crippen molar-refractivity contribution in [1.82, 2.24) is 15.5 Å². The molecule has 1 aliphatic rings. The maximum absolute atomic E-state index is 5.82. The van der Waals surface area contributed by atoms with E-state index in [-0.39, 0.29) is 18.1 Å². The number of hydrogen-bond donors (Lipinski definition) is 1. The molecule has 108 valence electrons. The molecule has 2 rings (SSSR count). The molecular formula is C14H25N3O2. The number of nitrogens with one attached hydrogen (secondary N) is 1. The summed E-state index contributed by atoms with van der Waals surface area (Å²) < 4.78 is 11.6. The Morgan fingerprint density at radius 3 is 2.47 bits per heavy atom. The Kier molecular flexibility index (Phi) is 4.58. The molecule has 5 heteroatoms. The van der Waals surface area contributed by atoms with Crippen molar-refractivity contribution >= 4 is 0 Å². The van der Waals surface area contributed by atoms with Gasteiger partial charge in [0.1, 0.15) is 0 Å². The van der Waals surface area contributed by atoms with E-state index in [9.17, 15) is 0 Å². The van der Waals surface area contributed by atoms with E-state index >= 15 is 0 Å². The predicted molar refractivity (Wildman–Crippen MR) is 73.1 cm³/mol. The van der Waals surface area contributed by atoms with E-state index in [1.165, 1.54) is 0 Å². The standard InChI is InChI=1S/C14H25N3O2/c1-8(2)15-7-6-12-16-17-14(19-12)13-9(3)10(4)18-11(13)5/h8-11,13,15H,6-7H2,1-5H3. The largest absolute Gasteiger partial charge is 0.425 e. The summed E-state index contributed by atoms with van der Waals surface area (Å²) in [6.07, 6.45) is 1.17. The van der Waals surface area contributed by atoms with Crippen LogP contribution in [0.4, 0.5) is 0 Å². The minimum atomic E-state index is 0.145. The topological polar surface area (TPSA) is 60.2 Å². The second kappa shape index (κ2) is 6.01. The van der Waals surface area contributed by atoms with Crippen LogP contribution >= 0.6 is 0 Å². The summed E-state index contributed by atoms with van der Waals surface area (Å²) in [5.41, 5.74) is 0. The molecule has 1 N–H and O–H groups in total. The summed E-state index contributed by atoms with van der Waals surface area (Å²) in [5, 5.41) is 11.7. The second-order valence-corrected chi connectivity index (χ2v) is 5.82. The average Bonchev–Trinajstić information content (AvgIpc) is 2.85. The molecule has 1 saturated heterocycles. The summed E-state index contributed by atoms with van der Waals surface area (Å²) >= 11 is 0. The van der Waals surface area contributed by atoms with Gasteiger partial charge in [-0.2, -0.15) is 0 Å². The fourth-order valence-electron chi connectivity index (χ4n) is 2.66. The Balaban J connectivity index is 1.97. The van der Waals surface area contributed by atoms with Crippen LogP contribution in [0.25, 0.3) is 0 Å². The van der Waals surface area contributed by atoms with Gasteiger partial charge in [0.05, 0.1) is 18.1 Å². The van der Waals surface area contributed by atoms with Crippen molar-refractivity contribution in [3.05, 3.63) is 11.8 Å². The molecule has 0 aliphatic carbocycles. The first-order valence-electron chi connectivity index (χ1n) is 7.20. The normalized spacial score (nSPS) is 31.3. The van der Waals surface area contributed by atoms with E-state index in [0.717, 1.165) is 18.9 Å². The van der Waals surface area contributed by atoms with Crippen LogP contribution in [0.3, 0.4) is 0 Å². The lowest BCUT2D eigenvalue weighted by Crippen LogP contribution is -2.25. The van der Waals surface area contributed by atoms with Gasteiger partial charge in [0.15, 0.2) is 0 Å². The summed E-state index contributed by atoms with van der Waals surface area (Å²) in [5.74, 6) is 2.07. The lowest BCUT2D eigenvalue weighted by atomic mass is 9.89. The van der Waals surface area contributed by atoms with Crippen molar-refractivity contribution in [3.8, 4) is 0 Å². The van der Waals surface area contributed by atoms with E-state index in [1.54, 1.807) is 0 Å². The molecule has 2 heterocycles. The van der Waals surface area contributed by atoms with Crippen LogP contribution in [0.15, 0.2) is 4.42 Å². The monoisotopic (exact) mass is 267 g/mol. The number of aromatic nitrogens is 2. The highest BCUT2D eigenvalue weighted by Gasteiger charge is 2.41. The second-order valence-electron chi connectivity index (χ2n) is 5.82. The van der Waals surface area contributed by atoms with Crippen LogP contribution in [0.1, 0.15) is 52.3 Å². The molecule has 1 aromatic rings. The van der Waals surface area contributed by atoms with Gasteiger partial charge in [0, 0.05) is 19.0 Å². The number of ether oxygens (including phenoxy) is 1. The lowest BCUT2D eigenvalue weighted by molar-refractivity contribution is 0.0544. The first-order valence-corrected chi connectivity index (χ1v) is 7.20. The Morgan fingerprint density at radius 2 is 1.89 bits per heavy atom. The Morgan fingerprint density at radius 1 is 1.16 bits per heavy atom. The molecular weight excluding hydrogens is 242 g/mol. The van der Waals surface area contributed by atoms with Gasteiger partial charge in [-0.25, -0.2) is 0 Å². The zero-order chi connectivity index (χ0) is 14.0. The van der Waals surface area contributed by atoms with Crippen LogP contribution in [-0.2, 0) is 11.2 Å². The van der Waals surface area contributed by atoms with Crippen molar-refractivity contribution in [1.29, 1.82) is 0 Å². The van der Waals surface area contributed by atoms with Gasteiger partial charge >= 0.3 is 0 Å². The summed E-state index contributed by atoms with van der Waals surface area (Å²) in [6.45, 7) is 11.5. The van der Waals surface area contributed by atoms with Crippen LogP contribution in [0.5, 0.6) is 0 Å². The predicted octanol–water partition coefficient (Wildman–Crippen LogP) is 2.14. The van der Waals surface area contributed by atoms with Crippen LogP contribution in [0.2, 0.25) is 0 Å². The molecule has 1 fully saturated rings. The minimum Gasteiger partial charge on any atom is -0.425 e. The van der Waals surface area contributed by atoms with Gasteiger partial charge in [0.2, 0.25) is 11.8 Å². The van der Waals surface area contributed by atoms with Gasteiger partial charge in [-0.15, -0.1) is 10.2 Å². The third-order valence-electron chi connectivity index (χ3n) is 3.90. The van der Waals surface area contributed by atoms with Crippen LogP contribution in [-0.4, -0.2) is 35.0 Å². The molecule has 4 unspecified atom stereocenters. The van der Waals surface area contributed by atoms with Gasteiger partial charge in [-0.3, -0.25) is 0 Å². The van der Waals surface area contributed by atoms with Crippen LogP contribution < -0.4 is 5.32 Å². The molecule has 5 nitrogen and oxygen atoms in total. The maximum atomic E-state index is 5.82. The van der Waals surface area contributed by atoms with Gasteiger partial charge in [0.25, 0.3) is 0 Å². The zero-order valence-corrected chi connectivity index (χ0v) is 12.5. The molecule has 0 spiro atoms. The zero-order valence-electron chi connectivity index (χ0n) is 12.5. The third-order valence-corrected chi connectivity index (χ3v) is 3.90. The highest BCUT2D eigenvalue weighted by Crippen LogP contribution is 2.38. The average molecular weight is 267 g/mol. The third kappa shape index (κ3) is 3.34. The van der Waals surface area contributed by atoms with Gasteiger partial charge in [-0.05, 0) is 19.8 Å². The number of hydrogen-bond acceptors (Lipinski definition) is 5. The molecule has 0 saturated carbocycles. The fourth-order valence-corrected chi connectivity index (χ4v) is 2.66. The maximum Gasteiger partial charge on any atom is 0.222 e. The SMILES string of the molecule is CC(C)NCCc1nnc(C2C(C)OC(C)C2C)o1. The van der Waals surface area contributed by atoms with Crippen molar-refractivity contribution in [2.24, 2.45) is 5.92 Å². The Hall–Kier alpha value is -0.940. The van der Waals surface area contributed by atoms with E-state index in [2.05, 4.69) is 50.1 Å². The smallest absolute Gasteiger partial charge is 0.222 e. The summed E-state index contributed by atoms with van der Waals surface area (Å²) in [6, 6.07) is 0.478. The Labute approximate surface area is 115 Å². The fraction of sp³-hybridized carbons (Fsp3) is 0.857. The molecule has 0 aromatic carbocycles. The quantitative estimate of drug-likeness (QED) is 0.885. The first-order chi connectivity index (χ1) is 8.99. The summed E-state index contributed by atoms with van der Waals surface area (Å²) in [7, 11) is 0. The molecule has 4 atom stereocenters. The van der Waals surface area contributed by atoms with Crippen molar-refractivity contribution in [3.63, 3.8) is 0 Å². The van der Waals surface area contributed by atoms with E-state index in [0.29, 0.717) is 17.9 Å². The molecule has 1 aromatic heterocycles. The highest BCUT2D eigenvalue weighted by atomic mass is 16.5. The summed E-state index contributed by atoms with van der Waals surface area (Å²) in [4.78, 5) is 0. The first kappa shape index (κ1) is 14.5. The molecule has 1 aliphatic heterocycles.